The summed E-state index contributed by atoms with van der Waals surface area (Å²) in [7, 11) is 0. The molecule has 0 saturated carbocycles. The number of halogens is 2. The monoisotopic (exact) mass is 224 g/mol. The van der Waals surface area contributed by atoms with Gasteiger partial charge in [-0.3, -0.25) is 4.79 Å². The molecule has 0 saturated heterocycles. The SMILES string of the molecule is O=Cc1sccc1-c1cc(F)ccc1F. The fourth-order valence-corrected chi connectivity index (χ4v) is 2.05. The Kier molecular flexibility index (Phi) is 2.60. The van der Waals surface area contributed by atoms with E-state index in [2.05, 4.69) is 0 Å². The lowest BCUT2D eigenvalue weighted by atomic mass is 10.1. The maximum atomic E-state index is 13.4. The molecular formula is C11H6F2OS. The second-order valence-corrected chi connectivity index (χ2v) is 3.89. The predicted octanol–water partition coefficient (Wildman–Crippen LogP) is 3.51. The van der Waals surface area contributed by atoms with Crippen molar-refractivity contribution in [1.29, 1.82) is 0 Å². The number of carbonyl (C=O) groups excluding carboxylic acids is 1. The van der Waals surface area contributed by atoms with Crippen molar-refractivity contribution in [1.82, 2.24) is 0 Å². The molecule has 2 aromatic rings. The first-order valence-electron chi connectivity index (χ1n) is 4.20. The number of thiophene rings is 1. The maximum absolute atomic E-state index is 13.4. The van der Waals surface area contributed by atoms with E-state index in [0.29, 0.717) is 16.7 Å². The maximum Gasteiger partial charge on any atom is 0.160 e. The van der Waals surface area contributed by atoms with Gasteiger partial charge in [0, 0.05) is 11.1 Å². The summed E-state index contributed by atoms with van der Waals surface area (Å²) >= 11 is 1.20. The average molecular weight is 224 g/mol. The Balaban J connectivity index is 2.62. The molecule has 1 aromatic carbocycles. The molecule has 0 spiro atoms. The van der Waals surface area contributed by atoms with E-state index in [1.807, 2.05) is 0 Å². The molecule has 0 radical (unpaired) electrons. The molecule has 15 heavy (non-hydrogen) atoms. The van der Waals surface area contributed by atoms with Crippen molar-refractivity contribution in [2.75, 3.05) is 0 Å². The van der Waals surface area contributed by atoms with Gasteiger partial charge in [0.2, 0.25) is 0 Å². The fraction of sp³-hybridized carbons (Fsp3) is 0. The van der Waals surface area contributed by atoms with Gasteiger partial charge in [-0.25, -0.2) is 8.78 Å². The van der Waals surface area contributed by atoms with Crippen LogP contribution in [0.15, 0.2) is 29.6 Å². The Hall–Kier alpha value is -1.55. The molecule has 0 aliphatic carbocycles. The van der Waals surface area contributed by atoms with E-state index in [0.717, 1.165) is 18.2 Å². The Labute approximate surface area is 89.0 Å². The summed E-state index contributed by atoms with van der Waals surface area (Å²) in [5.41, 5.74) is 0.561. The molecule has 76 valence electrons. The van der Waals surface area contributed by atoms with Crippen LogP contribution in [0, 0.1) is 11.6 Å². The summed E-state index contributed by atoms with van der Waals surface area (Å²) < 4.78 is 26.3. The molecule has 1 aromatic heterocycles. The molecule has 0 amide bonds. The van der Waals surface area contributed by atoms with E-state index < -0.39 is 11.6 Å². The van der Waals surface area contributed by atoms with Crippen LogP contribution >= 0.6 is 11.3 Å². The molecule has 0 bridgehead atoms. The van der Waals surface area contributed by atoms with Crippen LogP contribution in [0.3, 0.4) is 0 Å². The van der Waals surface area contributed by atoms with E-state index in [1.165, 1.54) is 11.3 Å². The van der Waals surface area contributed by atoms with Gasteiger partial charge in [-0.2, -0.15) is 0 Å². The Morgan fingerprint density at radius 1 is 1.13 bits per heavy atom. The highest BCUT2D eigenvalue weighted by Crippen LogP contribution is 2.29. The molecule has 1 heterocycles. The first-order valence-corrected chi connectivity index (χ1v) is 5.08. The zero-order valence-electron chi connectivity index (χ0n) is 7.54. The van der Waals surface area contributed by atoms with Crippen molar-refractivity contribution in [3.05, 3.63) is 46.2 Å². The van der Waals surface area contributed by atoms with Gasteiger partial charge in [0.15, 0.2) is 6.29 Å². The lowest BCUT2D eigenvalue weighted by Gasteiger charge is -2.01. The second kappa shape index (κ2) is 3.90. The van der Waals surface area contributed by atoms with Crippen molar-refractivity contribution in [3.63, 3.8) is 0 Å². The molecule has 0 unspecified atom stereocenters. The standard InChI is InChI=1S/C11H6F2OS/c12-7-1-2-10(13)9(5-7)8-3-4-15-11(8)6-14/h1-6H. The number of hydrogen-bond acceptors (Lipinski definition) is 2. The summed E-state index contributed by atoms with van der Waals surface area (Å²) in [6, 6.07) is 4.79. The van der Waals surface area contributed by atoms with E-state index in [4.69, 9.17) is 0 Å². The number of rotatable bonds is 2. The highest BCUT2D eigenvalue weighted by atomic mass is 32.1. The summed E-state index contributed by atoms with van der Waals surface area (Å²) in [4.78, 5) is 11.1. The molecule has 0 aliphatic heterocycles. The molecule has 0 aliphatic rings. The number of aldehydes is 1. The number of carbonyl (C=O) groups is 1. The zero-order chi connectivity index (χ0) is 10.8. The minimum Gasteiger partial charge on any atom is -0.297 e. The fourth-order valence-electron chi connectivity index (χ4n) is 1.34. The van der Waals surface area contributed by atoms with Crippen LogP contribution in [0.5, 0.6) is 0 Å². The van der Waals surface area contributed by atoms with Gasteiger partial charge < -0.3 is 0 Å². The van der Waals surface area contributed by atoms with E-state index in [-0.39, 0.29) is 5.56 Å². The molecular weight excluding hydrogens is 218 g/mol. The van der Waals surface area contributed by atoms with Crippen LogP contribution in [-0.2, 0) is 0 Å². The molecule has 2 rings (SSSR count). The van der Waals surface area contributed by atoms with Crippen molar-refractivity contribution < 1.29 is 13.6 Å². The molecule has 1 nitrogen and oxygen atoms in total. The van der Waals surface area contributed by atoms with Crippen LogP contribution in [0.25, 0.3) is 11.1 Å². The third-order valence-electron chi connectivity index (χ3n) is 2.02. The predicted molar refractivity (Wildman–Crippen MR) is 55.1 cm³/mol. The van der Waals surface area contributed by atoms with Gasteiger partial charge in [-0.1, -0.05) is 0 Å². The highest BCUT2D eigenvalue weighted by Gasteiger charge is 2.11. The zero-order valence-corrected chi connectivity index (χ0v) is 8.35. The third-order valence-corrected chi connectivity index (χ3v) is 2.86. The summed E-state index contributed by atoms with van der Waals surface area (Å²) in [5, 5.41) is 1.67. The van der Waals surface area contributed by atoms with Gasteiger partial charge in [0.25, 0.3) is 0 Å². The van der Waals surface area contributed by atoms with Gasteiger partial charge in [-0.15, -0.1) is 11.3 Å². The van der Waals surface area contributed by atoms with Gasteiger partial charge >= 0.3 is 0 Å². The average Bonchev–Trinajstić information content (AvgIpc) is 2.69. The first-order chi connectivity index (χ1) is 7.22. The normalized spacial score (nSPS) is 10.3. The van der Waals surface area contributed by atoms with E-state index >= 15 is 0 Å². The second-order valence-electron chi connectivity index (χ2n) is 2.94. The van der Waals surface area contributed by atoms with Crippen molar-refractivity contribution >= 4 is 17.6 Å². The summed E-state index contributed by atoms with van der Waals surface area (Å²) in [5.74, 6) is -1.05. The van der Waals surface area contributed by atoms with Crippen LogP contribution in [0.2, 0.25) is 0 Å². The number of hydrogen-bond donors (Lipinski definition) is 0. The topological polar surface area (TPSA) is 17.1 Å². The molecule has 0 N–H and O–H groups in total. The van der Waals surface area contributed by atoms with Crippen LogP contribution in [-0.4, -0.2) is 6.29 Å². The third kappa shape index (κ3) is 1.80. The molecule has 4 heteroatoms. The minimum absolute atomic E-state index is 0.123. The van der Waals surface area contributed by atoms with Crippen molar-refractivity contribution in [3.8, 4) is 11.1 Å². The van der Waals surface area contributed by atoms with Crippen molar-refractivity contribution in [2.45, 2.75) is 0 Å². The number of benzene rings is 1. The smallest absolute Gasteiger partial charge is 0.160 e. The quantitative estimate of drug-likeness (QED) is 0.713. The minimum atomic E-state index is -0.530. The van der Waals surface area contributed by atoms with Crippen molar-refractivity contribution in [2.24, 2.45) is 0 Å². The van der Waals surface area contributed by atoms with Crippen LogP contribution < -0.4 is 0 Å². The largest absolute Gasteiger partial charge is 0.297 e. The lowest BCUT2D eigenvalue weighted by Crippen LogP contribution is -1.87. The Bertz CT molecular complexity index is 505. The highest BCUT2D eigenvalue weighted by molar-refractivity contribution is 7.12. The molecule has 0 atom stereocenters. The van der Waals surface area contributed by atoms with Crippen LogP contribution in [0.4, 0.5) is 8.78 Å². The van der Waals surface area contributed by atoms with Gasteiger partial charge in [0.05, 0.1) is 4.88 Å². The van der Waals surface area contributed by atoms with Gasteiger partial charge in [0.1, 0.15) is 11.6 Å². The van der Waals surface area contributed by atoms with Crippen LogP contribution in [0.1, 0.15) is 9.67 Å². The Morgan fingerprint density at radius 3 is 2.67 bits per heavy atom. The summed E-state index contributed by atoms with van der Waals surface area (Å²) in [6.45, 7) is 0. The summed E-state index contributed by atoms with van der Waals surface area (Å²) in [6.07, 6.45) is 0.643. The first kappa shape index (κ1) is 9.98. The molecule has 0 fully saturated rings. The van der Waals surface area contributed by atoms with E-state index in [1.54, 1.807) is 11.4 Å². The van der Waals surface area contributed by atoms with E-state index in [9.17, 15) is 13.6 Å². The Morgan fingerprint density at radius 2 is 1.93 bits per heavy atom. The van der Waals surface area contributed by atoms with Gasteiger partial charge in [-0.05, 0) is 29.6 Å². The lowest BCUT2D eigenvalue weighted by molar-refractivity contribution is 0.112.